The van der Waals surface area contributed by atoms with Gasteiger partial charge in [0.25, 0.3) is 0 Å². The van der Waals surface area contributed by atoms with Gasteiger partial charge in [-0.15, -0.1) is 11.3 Å². The van der Waals surface area contributed by atoms with Crippen LogP contribution in [0.15, 0.2) is 285 Å². The summed E-state index contributed by atoms with van der Waals surface area (Å²) in [4.78, 5) is 99.9. The number of fused-ring (bicyclic) bond motifs is 1. The fourth-order valence-corrected chi connectivity index (χ4v) is 17.5. The largest absolute Gasteiger partial charge is 0.381 e. The van der Waals surface area contributed by atoms with E-state index >= 15 is 0 Å². The fraction of sp³-hybridized carbons (Fsp3) is 0.202. The molecule has 650 valence electrons. The lowest BCUT2D eigenvalue weighted by atomic mass is 9.73. The Morgan fingerprint density at radius 3 is 0.977 bits per heavy atom. The van der Waals surface area contributed by atoms with E-state index in [2.05, 4.69) is 88.2 Å². The normalized spacial score (nSPS) is 15.2. The number of thiazole rings is 1. The number of hydrogen-bond donors (Lipinski definition) is 8. The molecular formula is C99H91Cl2N19O8S. The molecule has 19 rings (SSSR count). The van der Waals surface area contributed by atoms with Crippen LogP contribution in [0.1, 0.15) is 73.6 Å². The molecule has 4 saturated heterocycles. The van der Waals surface area contributed by atoms with Crippen molar-refractivity contribution >= 4 is 116 Å². The molecule has 12 N–H and O–H groups in total. The number of ether oxygens (including phenoxy) is 4. The molecule has 129 heavy (non-hydrogen) atoms. The molecule has 4 aliphatic rings. The van der Waals surface area contributed by atoms with Crippen molar-refractivity contribution in [1.29, 1.82) is 0 Å². The highest BCUT2D eigenvalue weighted by Gasteiger charge is 2.46. The van der Waals surface area contributed by atoms with Gasteiger partial charge in [0.1, 0.15) is 11.6 Å². The standard InChI is InChI=1S/C28H26N4O2.C25H23N5O2.C24H22N6O2S.C22H20Cl2N4O2/c29-27-30-18-23(19-31-27)22-6-10-24(11-7-22)28(14-16-34-17-15-28)26(33)32-25-12-8-21(9-13-25)20-4-2-1-3-5-20;26-24-27-15-19(16-28-24)17-5-8-20(9-6-17)25(11-13-32-14-12-25)23(31)30-22-10-7-18-3-1-2-4-21(18)29-22;25-23-27-12-18(13-28-23)16-1-4-19(5-2-16)24(7-9-32-10-8-24)22(31)30-21-6-3-17(11-26-21)20-14-33-15-29-20;23-17-9-18(24)11-19(10-17)28-20(29)22(5-7-30-8-6-22)16-3-1-14(2-4-16)15-12-26-21(25)27-13-15/h1-13,18-19H,14-17H2,(H,32,33)(H2,29,30,31);1-10,15-16H,11-14H2,(H2,26,27,28)(H,29,30,31);1-6,11-15H,7-10H2,(H2,25,27,28)(H,26,30,31);1-4,9-13H,5-8H2,(H,28,29)(H2,25,26,27). The molecule has 0 bridgehead atoms. The van der Waals surface area contributed by atoms with E-state index < -0.39 is 21.7 Å². The van der Waals surface area contributed by atoms with Crippen LogP contribution in [0.3, 0.4) is 0 Å². The maximum atomic E-state index is 13.6. The predicted molar refractivity (Wildman–Crippen MR) is 504 cm³/mol. The van der Waals surface area contributed by atoms with Gasteiger partial charge in [0.05, 0.1) is 38.4 Å². The molecule has 27 nitrogen and oxygen atoms in total. The van der Waals surface area contributed by atoms with Gasteiger partial charge in [0.15, 0.2) is 0 Å². The molecular weight excluding hydrogens is 1690 g/mol. The van der Waals surface area contributed by atoms with Crippen molar-refractivity contribution in [2.24, 2.45) is 0 Å². The summed E-state index contributed by atoms with van der Waals surface area (Å²) >= 11 is 13.7. The molecule has 8 aromatic carbocycles. The van der Waals surface area contributed by atoms with Crippen molar-refractivity contribution in [1.82, 2.24) is 54.8 Å². The molecule has 4 amide bonds. The first-order valence-corrected chi connectivity index (χ1v) is 43.7. The van der Waals surface area contributed by atoms with Crippen LogP contribution in [-0.2, 0) is 59.8 Å². The van der Waals surface area contributed by atoms with E-state index in [0.29, 0.717) is 132 Å². The van der Waals surface area contributed by atoms with Gasteiger partial charge in [-0.25, -0.2) is 54.8 Å². The molecule has 0 spiro atoms. The van der Waals surface area contributed by atoms with Crippen LogP contribution in [-0.4, -0.2) is 131 Å². The Kier molecular flexibility index (Phi) is 27.8. The van der Waals surface area contributed by atoms with E-state index in [1.54, 1.807) is 79.5 Å². The third-order valence-electron chi connectivity index (χ3n) is 23.8. The SMILES string of the molecule is Nc1ncc(-c2ccc(C3(C(=O)Nc4cc(Cl)cc(Cl)c4)CCOCC3)cc2)cn1.Nc1ncc(-c2ccc(C3(C(=O)Nc4ccc(-c5ccccc5)cc4)CCOCC3)cc2)cn1.Nc1ncc(-c2ccc(C3(C(=O)Nc4ccc(-c5cscn5)cn4)CCOCC3)cc2)cn1.Nc1ncc(-c2ccc(C3(C(=O)Nc4ccc5ccccc5n4)CCOCC3)cc2)cn1. The van der Waals surface area contributed by atoms with Crippen LogP contribution < -0.4 is 44.2 Å². The Balaban J connectivity index is 0.000000126. The summed E-state index contributed by atoms with van der Waals surface area (Å²) in [6.45, 7) is 4.24. The number of nitrogens with one attached hydrogen (secondary N) is 4. The number of hydrogen-bond acceptors (Lipinski definition) is 24. The number of benzene rings is 8. The summed E-state index contributed by atoms with van der Waals surface area (Å²) in [5.74, 6) is 1.77. The van der Waals surface area contributed by atoms with Crippen LogP contribution in [0, 0.1) is 0 Å². The zero-order valence-electron chi connectivity index (χ0n) is 70.1. The molecule has 0 unspecified atom stereocenters. The molecule has 15 aromatic rings. The molecule has 11 heterocycles. The molecule has 0 atom stereocenters. The van der Waals surface area contributed by atoms with Crippen molar-refractivity contribution in [3.8, 4) is 66.9 Å². The minimum absolute atomic E-state index is 0.00757. The first kappa shape index (κ1) is 88.2. The van der Waals surface area contributed by atoms with Crippen molar-refractivity contribution < 1.29 is 38.1 Å². The number of rotatable bonds is 18. The van der Waals surface area contributed by atoms with Crippen LogP contribution in [0.2, 0.25) is 10.0 Å². The second kappa shape index (κ2) is 40.6. The molecule has 4 aliphatic heterocycles. The minimum Gasteiger partial charge on any atom is -0.381 e. The van der Waals surface area contributed by atoms with Crippen LogP contribution in [0.5, 0.6) is 0 Å². The predicted octanol–water partition coefficient (Wildman–Crippen LogP) is 17.7. The van der Waals surface area contributed by atoms with Gasteiger partial charge in [-0.05, 0) is 168 Å². The number of amides is 4. The number of carbonyl (C=O) groups is 4. The number of halogens is 2. The van der Waals surface area contributed by atoms with Gasteiger partial charge in [-0.1, -0.05) is 181 Å². The Labute approximate surface area is 758 Å². The lowest BCUT2D eigenvalue weighted by Gasteiger charge is -2.36. The van der Waals surface area contributed by atoms with Crippen molar-refractivity contribution in [3.63, 3.8) is 0 Å². The summed E-state index contributed by atoms with van der Waals surface area (Å²) in [7, 11) is 0. The second-order valence-electron chi connectivity index (χ2n) is 31.5. The number of nitrogen functional groups attached to an aromatic ring is 4. The lowest BCUT2D eigenvalue weighted by Crippen LogP contribution is -2.45. The van der Waals surface area contributed by atoms with Crippen molar-refractivity contribution in [2.75, 3.05) is 97.1 Å². The Hall–Kier alpha value is -14.2. The van der Waals surface area contributed by atoms with E-state index in [4.69, 9.17) is 65.1 Å². The molecule has 7 aromatic heterocycles. The first-order valence-electron chi connectivity index (χ1n) is 42.0. The maximum Gasteiger partial charge on any atom is 0.236 e. The molecule has 0 aliphatic carbocycles. The van der Waals surface area contributed by atoms with E-state index in [1.165, 1.54) is 11.3 Å². The average molecular weight is 1780 g/mol. The average Bonchev–Trinajstić information content (AvgIpc) is 1.74. The van der Waals surface area contributed by atoms with Crippen LogP contribution >= 0.6 is 34.5 Å². The van der Waals surface area contributed by atoms with Gasteiger partial charge >= 0.3 is 0 Å². The summed E-state index contributed by atoms with van der Waals surface area (Å²) in [6.07, 6.45) is 20.1. The summed E-state index contributed by atoms with van der Waals surface area (Å²) in [6, 6.07) is 70.4. The molecule has 4 fully saturated rings. The Morgan fingerprint density at radius 2 is 0.612 bits per heavy atom. The maximum absolute atomic E-state index is 13.6. The van der Waals surface area contributed by atoms with Crippen LogP contribution in [0.4, 0.5) is 46.8 Å². The summed E-state index contributed by atoms with van der Waals surface area (Å²) in [5, 5.41) is 16.2. The van der Waals surface area contributed by atoms with E-state index in [-0.39, 0.29) is 47.4 Å². The van der Waals surface area contributed by atoms with Gasteiger partial charge < -0.3 is 63.1 Å². The number of nitrogens with two attached hydrogens (primary N) is 4. The van der Waals surface area contributed by atoms with Crippen molar-refractivity contribution in [2.45, 2.75) is 73.0 Å². The van der Waals surface area contributed by atoms with Crippen LogP contribution in [0.25, 0.3) is 77.8 Å². The van der Waals surface area contributed by atoms with Gasteiger partial charge in [-0.2, -0.15) is 0 Å². The number of anilines is 8. The number of nitrogens with zero attached hydrogens (tertiary/aromatic N) is 11. The highest BCUT2D eigenvalue weighted by molar-refractivity contribution is 7.07. The highest BCUT2D eigenvalue weighted by Crippen LogP contribution is 2.43. The molecule has 0 radical (unpaired) electrons. The van der Waals surface area contributed by atoms with Gasteiger partial charge in [0, 0.05) is 169 Å². The summed E-state index contributed by atoms with van der Waals surface area (Å²) in [5.41, 5.74) is 38.8. The summed E-state index contributed by atoms with van der Waals surface area (Å²) < 4.78 is 22.3. The molecule has 0 saturated carbocycles. The zero-order chi connectivity index (χ0) is 89.2. The number of carbonyl (C=O) groups excluding carboxylic acids is 4. The lowest BCUT2D eigenvalue weighted by molar-refractivity contribution is -0.125. The van der Waals surface area contributed by atoms with E-state index in [1.807, 2.05) is 193 Å². The monoisotopic (exact) mass is 1780 g/mol. The first-order chi connectivity index (χ1) is 62.9. The number of para-hydroxylation sites is 1. The molecule has 30 heteroatoms. The van der Waals surface area contributed by atoms with Crippen molar-refractivity contribution in [3.05, 3.63) is 317 Å². The van der Waals surface area contributed by atoms with Gasteiger partial charge in [0.2, 0.25) is 47.4 Å². The highest BCUT2D eigenvalue weighted by atomic mass is 35.5. The Morgan fingerprint density at radius 1 is 0.302 bits per heavy atom. The fourth-order valence-electron chi connectivity index (χ4n) is 16.4. The zero-order valence-corrected chi connectivity index (χ0v) is 72.4. The van der Waals surface area contributed by atoms with E-state index in [0.717, 1.165) is 106 Å². The second-order valence-corrected chi connectivity index (χ2v) is 33.1. The Bertz CT molecular complexity index is 6300. The van der Waals surface area contributed by atoms with Gasteiger partial charge in [-0.3, -0.25) is 19.2 Å². The van der Waals surface area contributed by atoms with E-state index in [9.17, 15) is 19.2 Å². The quantitative estimate of drug-likeness (QED) is 0.0395. The topological polar surface area (TPSA) is 399 Å². The minimum atomic E-state index is -0.705. The third-order valence-corrected chi connectivity index (χ3v) is 24.9. The number of pyridine rings is 2. The number of aromatic nitrogens is 11. The third kappa shape index (κ3) is 20.9. The smallest absolute Gasteiger partial charge is 0.236 e.